The van der Waals surface area contributed by atoms with Gasteiger partial charge in [-0.25, -0.2) is 4.79 Å². The molecular formula is C23H17N3O4. The molecule has 0 unspecified atom stereocenters. The molecule has 3 aromatic carbocycles. The van der Waals surface area contributed by atoms with Gasteiger partial charge in [-0.3, -0.25) is 9.59 Å². The number of anilines is 1. The van der Waals surface area contributed by atoms with Crippen LogP contribution in [0.25, 0.3) is 11.1 Å². The van der Waals surface area contributed by atoms with Crippen LogP contribution < -0.4 is 11.1 Å². The molecule has 0 radical (unpaired) electrons. The van der Waals surface area contributed by atoms with Gasteiger partial charge in [-0.2, -0.15) is 5.26 Å². The van der Waals surface area contributed by atoms with E-state index in [1.807, 2.05) is 0 Å². The third-order valence-corrected chi connectivity index (χ3v) is 4.29. The highest BCUT2D eigenvalue weighted by Crippen LogP contribution is 2.27. The summed E-state index contributed by atoms with van der Waals surface area (Å²) in [6.07, 6.45) is 0. The number of para-hydroxylation sites is 1. The van der Waals surface area contributed by atoms with Crippen LogP contribution in [-0.4, -0.2) is 24.4 Å². The first-order chi connectivity index (χ1) is 14.5. The maximum Gasteiger partial charge on any atom is 0.339 e. The first-order valence-electron chi connectivity index (χ1n) is 8.95. The lowest BCUT2D eigenvalue weighted by atomic mass is 9.96. The van der Waals surface area contributed by atoms with Gasteiger partial charge < -0.3 is 15.8 Å². The van der Waals surface area contributed by atoms with Gasteiger partial charge in [0.25, 0.3) is 11.8 Å². The second-order valence-corrected chi connectivity index (χ2v) is 6.24. The Kier molecular flexibility index (Phi) is 6.20. The standard InChI is InChI=1S/C23H17N3O4/c24-13-15-7-1-2-8-16(15)17-9-3-4-10-18(17)23(29)30-14-21(27)26-20-12-6-5-11-19(20)22(25)28/h1-12H,14H2,(H2,25,28)(H,26,27). The molecule has 3 N–H and O–H groups in total. The van der Waals surface area contributed by atoms with E-state index < -0.39 is 24.4 Å². The van der Waals surface area contributed by atoms with Crippen LogP contribution in [0, 0.1) is 11.3 Å². The normalized spacial score (nSPS) is 9.97. The quantitative estimate of drug-likeness (QED) is 0.617. The highest BCUT2D eigenvalue weighted by atomic mass is 16.5. The Morgan fingerprint density at radius 2 is 1.47 bits per heavy atom. The van der Waals surface area contributed by atoms with Crippen molar-refractivity contribution >= 4 is 23.5 Å². The number of esters is 1. The van der Waals surface area contributed by atoms with Gasteiger partial charge in [0.05, 0.1) is 28.4 Å². The van der Waals surface area contributed by atoms with Gasteiger partial charge in [0, 0.05) is 5.56 Å². The van der Waals surface area contributed by atoms with Gasteiger partial charge in [0.2, 0.25) is 0 Å². The van der Waals surface area contributed by atoms with Crippen molar-refractivity contribution in [1.82, 2.24) is 0 Å². The van der Waals surface area contributed by atoms with Gasteiger partial charge in [0.1, 0.15) is 0 Å². The molecule has 0 atom stereocenters. The van der Waals surface area contributed by atoms with Crippen LogP contribution in [0.4, 0.5) is 5.69 Å². The van der Waals surface area contributed by atoms with E-state index in [0.717, 1.165) is 0 Å². The summed E-state index contributed by atoms with van der Waals surface area (Å²) in [7, 11) is 0. The second-order valence-electron chi connectivity index (χ2n) is 6.24. The Labute approximate surface area is 172 Å². The van der Waals surface area contributed by atoms with Crippen LogP contribution >= 0.6 is 0 Å². The molecule has 30 heavy (non-hydrogen) atoms. The number of carbonyl (C=O) groups excluding carboxylic acids is 3. The van der Waals surface area contributed by atoms with Gasteiger partial charge in [-0.1, -0.05) is 48.5 Å². The number of carbonyl (C=O) groups is 3. The zero-order valence-corrected chi connectivity index (χ0v) is 15.8. The van der Waals surface area contributed by atoms with Crippen molar-refractivity contribution in [2.45, 2.75) is 0 Å². The zero-order valence-electron chi connectivity index (χ0n) is 15.8. The predicted molar refractivity (Wildman–Crippen MR) is 110 cm³/mol. The number of hydrogen-bond acceptors (Lipinski definition) is 5. The molecule has 0 aliphatic heterocycles. The first-order valence-corrected chi connectivity index (χ1v) is 8.95. The number of primary amides is 1. The van der Waals surface area contributed by atoms with Crippen molar-refractivity contribution in [3.8, 4) is 17.2 Å². The summed E-state index contributed by atoms with van der Waals surface area (Å²) < 4.78 is 5.15. The maximum absolute atomic E-state index is 12.6. The fourth-order valence-corrected chi connectivity index (χ4v) is 2.91. The van der Waals surface area contributed by atoms with Crippen molar-refractivity contribution in [2.24, 2.45) is 5.73 Å². The molecule has 0 aliphatic carbocycles. The van der Waals surface area contributed by atoms with E-state index in [2.05, 4.69) is 11.4 Å². The third-order valence-electron chi connectivity index (χ3n) is 4.29. The number of ether oxygens (including phenoxy) is 1. The van der Waals surface area contributed by atoms with E-state index in [-0.39, 0.29) is 16.8 Å². The molecule has 7 heteroatoms. The van der Waals surface area contributed by atoms with Crippen LogP contribution in [0.1, 0.15) is 26.3 Å². The fraction of sp³-hybridized carbons (Fsp3) is 0.0435. The predicted octanol–water partition coefficient (Wildman–Crippen LogP) is 3.12. The molecule has 0 bridgehead atoms. The summed E-state index contributed by atoms with van der Waals surface area (Å²) >= 11 is 0. The Bertz CT molecular complexity index is 1160. The number of nitriles is 1. The van der Waals surface area contributed by atoms with E-state index in [9.17, 15) is 19.6 Å². The molecule has 3 aromatic rings. The Morgan fingerprint density at radius 1 is 0.867 bits per heavy atom. The van der Waals surface area contributed by atoms with E-state index >= 15 is 0 Å². The van der Waals surface area contributed by atoms with Gasteiger partial charge >= 0.3 is 5.97 Å². The molecule has 7 nitrogen and oxygen atoms in total. The molecular weight excluding hydrogens is 382 g/mol. The highest BCUT2D eigenvalue weighted by molar-refractivity contribution is 6.04. The average Bonchev–Trinajstić information content (AvgIpc) is 2.77. The molecule has 148 valence electrons. The molecule has 0 aromatic heterocycles. The van der Waals surface area contributed by atoms with E-state index in [0.29, 0.717) is 16.7 Å². The van der Waals surface area contributed by atoms with Gasteiger partial charge in [-0.05, 0) is 29.8 Å². The monoisotopic (exact) mass is 399 g/mol. The summed E-state index contributed by atoms with van der Waals surface area (Å²) in [5.74, 6) is -2.02. The van der Waals surface area contributed by atoms with Crippen molar-refractivity contribution in [1.29, 1.82) is 5.26 Å². The molecule has 3 rings (SSSR count). The molecule has 0 heterocycles. The van der Waals surface area contributed by atoms with E-state index in [1.54, 1.807) is 60.7 Å². The number of nitrogens with zero attached hydrogens (tertiary/aromatic N) is 1. The van der Waals surface area contributed by atoms with Gasteiger partial charge in [-0.15, -0.1) is 0 Å². The minimum Gasteiger partial charge on any atom is -0.452 e. The van der Waals surface area contributed by atoms with Crippen LogP contribution in [0.3, 0.4) is 0 Å². The summed E-state index contributed by atoms with van der Waals surface area (Å²) in [6.45, 7) is -0.555. The lowest BCUT2D eigenvalue weighted by Gasteiger charge is -2.12. The second kappa shape index (κ2) is 9.17. The molecule has 0 saturated carbocycles. The Balaban J connectivity index is 1.75. The summed E-state index contributed by atoms with van der Waals surface area (Å²) in [5.41, 5.74) is 7.43. The van der Waals surface area contributed by atoms with Gasteiger partial charge in [0.15, 0.2) is 6.61 Å². The summed E-state index contributed by atoms with van der Waals surface area (Å²) in [5, 5.41) is 11.8. The largest absolute Gasteiger partial charge is 0.452 e. The van der Waals surface area contributed by atoms with Crippen LogP contribution in [-0.2, 0) is 9.53 Å². The topological polar surface area (TPSA) is 122 Å². The number of hydrogen-bond donors (Lipinski definition) is 2. The van der Waals surface area contributed by atoms with E-state index in [1.165, 1.54) is 12.1 Å². The number of benzene rings is 3. The fourth-order valence-electron chi connectivity index (χ4n) is 2.91. The molecule has 2 amide bonds. The van der Waals surface area contributed by atoms with Crippen LogP contribution in [0.5, 0.6) is 0 Å². The number of nitrogens with one attached hydrogen (secondary N) is 1. The summed E-state index contributed by atoms with van der Waals surface area (Å²) in [4.78, 5) is 36.2. The summed E-state index contributed by atoms with van der Waals surface area (Å²) in [6, 6.07) is 21.9. The van der Waals surface area contributed by atoms with Crippen LogP contribution in [0.15, 0.2) is 72.8 Å². The molecule has 0 aliphatic rings. The third kappa shape index (κ3) is 4.51. The van der Waals surface area contributed by atoms with Crippen molar-refractivity contribution in [2.75, 3.05) is 11.9 Å². The number of amides is 2. The zero-order chi connectivity index (χ0) is 21.5. The minimum atomic E-state index is -0.711. The first kappa shape index (κ1) is 20.3. The number of rotatable bonds is 6. The average molecular weight is 399 g/mol. The van der Waals surface area contributed by atoms with Crippen molar-refractivity contribution in [3.05, 3.63) is 89.5 Å². The van der Waals surface area contributed by atoms with Crippen LogP contribution in [0.2, 0.25) is 0 Å². The lowest BCUT2D eigenvalue weighted by Crippen LogP contribution is -2.23. The Morgan fingerprint density at radius 3 is 2.17 bits per heavy atom. The van der Waals surface area contributed by atoms with E-state index in [4.69, 9.17) is 10.5 Å². The lowest BCUT2D eigenvalue weighted by molar-refractivity contribution is -0.119. The SMILES string of the molecule is N#Cc1ccccc1-c1ccccc1C(=O)OCC(=O)Nc1ccccc1C(N)=O. The minimum absolute atomic E-state index is 0.149. The molecule has 0 spiro atoms. The number of nitrogens with two attached hydrogens (primary N) is 1. The molecule has 0 saturated heterocycles. The van der Waals surface area contributed by atoms with Crippen molar-refractivity contribution < 1.29 is 19.1 Å². The van der Waals surface area contributed by atoms with Crippen molar-refractivity contribution in [3.63, 3.8) is 0 Å². The maximum atomic E-state index is 12.6. The smallest absolute Gasteiger partial charge is 0.339 e. The molecule has 0 fully saturated rings. The highest BCUT2D eigenvalue weighted by Gasteiger charge is 2.18. The Hall–Kier alpha value is -4.44.